The summed E-state index contributed by atoms with van der Waals surface area (Å²) >= 11 is 0. The van der Waals surface area contributed by atoms with Crippen molar-refractivity contribution in [1.82, 2.24) is 4.90 Å². The molecular weight excluding hydrogens is 236 g/mol. The molecule has 1 aromatic rings. The average molecular weight is 258 g/mol. The summed E-state index contributed by atoms with van der Waals surface area (Å²) in [5.41, 5.74) is 7.16. The molecule has 0 spiro atoms. The van der Waals surface area contributed by atoms with Gasteiger partial charge in [-0.25, -0.2) is 0 Å². The van der Waals surface area contributed by atoms with Crippen LogP contribution >= 0.6 is 0 Å². The molecule has 2 rings (SSSR count). The Morgan fingerprint density at radius 3 is 2.74 bits per heavy atom. The van der Waals surface area contributed by atoms with Crippen LogP contribution in [0.3, 0.4) is 0 Å². The van der Waals surface area contributed by atoms with E-state index in [4.69, 9.17) is 5.73 Å². The van der Waals surface area contributed by atoms with Gasteiger partial charge < -0.3 is 10.6 Å². The number of carbonyl (C=O) groups excluding carboxylic acids is 1. The van der Waals surface area contributed by atoms with E-state index in [9.17, 15) is 4.79 Å². The molecule has 3 nitrogen and oxygen atoms in total. The number of hydrogen-bond acceptors (Lipinski definition) is 2. The Balaban J connectivity index is 2.05. The highest BCUT2D eigenvalue weighted by Crippen LogP contribution is 2.32. The Hall–Kier alpha value is -1.61. The van der Waals surface area contributed by atoms with Crippen molar-refractivity contribution in [2.45, 2.75) is 18.8 Å². The molecule has 1 aliphatic heterocycles. The van der Waals surface area contributed by atoms with E-state index < -0.39 is 0 Å². The maximum absolute atomic E-state index is 12.1. The Labute approximate surface area is 115 Å². The number of likely N-dealkylation sites (tertiary alicyclic amines) is 1. The first kappa shape index (κ1) is 13.8. The van der Waals surface area contributed by atoms with Gasteiger partial charge in [-0.3, -0.25) is 4.79 Å². The second-order valence-electron chi connectivity index (χ2n) is 5.14. The van der Waals surface area contributed by atoms with Gasteiger partial charge >= 0.3 is 0 Å². The molecule has 1 heterocycles. The van der Waals surface area contributed by atoms with Crippen LogP contribution in [-0.4, -0.2) is 30.4 Å². The van der Waals surface area contributed by atoms with E-state index in [2.05, 4.69) is 18.7 Å². The predicted octanol–water partition coefficient (Wildman–Crippen LogP) is 2.15. The molecule has 0 aromatic heterocycles. The van der Waals surface area contributed by atoms with Crippen molar-refractivity contribution in [3.63, 3.8) is 0 Å². The average Bonchev–Trinajstić information content (AvgIpc) is 2.90. The minimum Gasteiger partial charge on any atom is -0.342 e. The molecule has 0 bridgehead atoms. The van der Waals surface area contributed by atoms with Gasteiger partial charge in [0.25, 0.3) is 0 Å². The van der Waals surface area contributed by atoms with Crippen LogP contribution in [0.4, 0.5) is 0 Å². The zero-order valence-electron chi connectivity index (χ0n) is 11.3. The van der Waals surface area contributed by atoms with Crippen LogP contribution in [0, 0.1) is 5.92 Å². The lowest BCUT2D eigenvalue weighted by atomic mass is 9.89. The maximum atomic E-state index is 12.1. The van der Waals surface area contributed by atoms with E-state index in [1.807, 2.05) is 23.1 Å². The number of nitrogens with two attached hydrogens (primary N) is 1. The fourth-order valence-corrected chi connectivity index (χ4v) is 2.78. The Morgan fingerprint density at radius 1 is 1.37 bits per heavy atom. The largest absolute Gasteiger partial charge is 0.342 e. The van der Waals surface area contributed by atoms with Crippen molar-refractivity contribution in [3.8, 4) is 0 Å². The lowest BCUT2D eigenvalue weighted by Gasteiger charge is -2.16. The molecule has 0 radical (unpaired) electrons. The monoisotopic (exact) mass is 258 g/mol. The number of hydrogen-bond donors (Lipinski definition) is 1. The molecule has 0 saturated carbocycles. The van der Waals surface area contributed by atoms with E-state index in [1.165, 1.54) is 5.56 Å². The van der Waals surface area contributed by atoms with Crippen molar-refractivity contribution in [3.05, 3.63) is 48.6 Å². The molecule has 19 heavy (non-hydrogen) atoms. The molecule has 1 aliphatic rings. The van der Waals surface area contributed by atoms with Crippen molar-refractivity contribution >= 4 is 5.91 Å². The summed E-state index contributed by atoms with van der Waals surface area (Å²) in [7, 11) is 0. The lowest BCUT2D eigenvalue weighted by Crippen LogP contribution is -2.29. The quantitative estimate of drug-likeness (QED) is 0.823. The first-order valence-electron chi connectivity index (χ1n) is 6.90. The first-order valence-corrected chi connectivity index (χ1v) is 6.90. The fraction of sp³-hybridized carbons (Fsp3) is 0.438. The zero-order chi connectivity index (χ0) is 13.7. The summed E-state index contributed by atoms with van der Waals surface area (Å²) in [5, 5.41) is 0. The third-order valence-electron chi connectivity index (χ3n) is 3.89. The fourth-order valence-electron chi connectivity index (χ4n) is 2.78. The number of benzene rings is 1. The number of amides is 1. The summed E-state index contributed by atoms with van der Waals surface area (Å²) in [5.74, 6) is 0.964. The van der Waals surface area contributed by atoms with Crippen LogP contribution in [0.25, 0.3) is 0 Å². The van der Waals surface area contributed by atoms with Crippen molar-refractivity contribution < 1.29 is 4.79 Å². The number of allylic oxidation sites excluding steroid dienone is 1. The Morgan fingerprint density at radius 2 is 2.11 bits per heavy atom. The number of nitrogens with zero attached hydrogens (tertiary/aromatic N) is 1. The van der Waals surface area contributed by atoms with Gasteiger partial charge in [0, 0.05) is 25.4 Å². The van der Waals surface area contributed by atoms with Crippen molar-refractivity contribution in [2.24, 2.45) is 11.7 Å². The molecule has 1 saturated heterocycles. The normalized spacial score (nSPS) is 22.5. The van der Waals surface area contributed by atoms with E-state index >= 15 is 0 Å². The molecule has 0 unspecified atom stereocenters. The smallest absolute Gasteiger partial charge is 0.222 e. The van der Waals surface area contributed by atoms with Crippen molar-refractivity contribution in [1.29, 1.82) is 0 Å². The third kappa shape index (κ3) is 3.24. The highest BCUT2D eigenvalue weighted by atomic mass is 16.2. The third-order valence-corrected chi connectivity index (χ3v) is 3.89. The van der Waals surface area contributed by atoms with Crippen LogP contribution in [0.1, 0.15) is 24.3 Å². The molecule has 1 fully saturated rings. The molecule has 1 amide bonds. The van der Waals surface area contributed by atoms with Crippen LogP contribution in [-0.2, 0) is 4.79 Å². The van der Waals surface area contributed by atoms with Gasteiger partial charge in [-0.1, -0.05) is 36.4 Å². The highest BCUT2D eigenvalue weighted by molar-refractivity contribution is 5.76. The molecule has 102 valence electrons. The number of carbonyl (C=O) groups is 1. The maximum Gasteiger partial charge on any atom is 0.222 e. The topological polar surface area (TPSA) is 46.3 Å². The minimum absolute atomic E-state index is 0.219. The summed E-state index contributed by atoms with van der Waals surface area (Å²) in [4.78, 5) is 14.0. The summed E-state index contributed by atoms with van der Waals surface area (Å²) in [6.45, 7) is 5.87. The zero-order valence-corrected chi connectivity index (χ0v) is 11.3. The van der Waals surface area contributed by atoms with Crippen LogP contribution in [0.15, 0.2) is 43.0 Å². The van der Waals surface area contributed by atoms with E-state index in [-0.39, 0.29) is 5.91 Å². The molecule has 2 atom stereocenters. The van der Waals surface area contributed by atoms with Crippen LogP contribution in [0.2, 0.25) is 0 Å². The second-order valence-corrected chi connectivity index (χ2v) is 5.14. The van der Waals surface area contributed by atoms with Gasteiger partial charge in [0.15, 0.2) is 0 Å². The van der Waals surface area contributed by atoms with E-state index in [0.29, 0.717) is 24.8 Å². The van der Waals surface area contributed by atoms with Gasteiger partial charge in [0.2, 0.25) is 5.91 Å². The van der Waals surface area contributed by atoms with Gasteiger partial charge in [0.1, 0.15) is 0 Å². The molecular formula is C16H22N2O. The molecule has 3 heteroatoms. The van der Waals surface area contributed by atoms with Crippen LogP contribution in [0.5, 0.6) is 0 Å². The van der Waals surface area contributed by atoms with Gasteiger partial charge in [-0.2, -0.15) is 0 Å². The van der Waals surface area contributed by atoms with Crippen LogP contribution < -0.4 is 5.73 Å². The SMILES string of the molecule is C=CCCC(=O)N1C[C@@H](CN)[C@H](c2ccccc2)C1. The van der Waals surface area contributed by atoms with Gasteiger partial charge in [-0.15, -0.1) is 6.58 Å². The van der Waals surface area contributed by atoms with Crippen molar-refractivity contribution in [2.75, 3.05) is 19.6 Å². The summed E-state index contributed by atoms with van der Waals surface area (Å²) in [6, 6.07) is 10.4. The number of rotatable bonds is 5. The molecule has 0 aliphatic carbocycles. The Kier molecular flexibility index (Phi) is 4.74. The van der Waals surface area contributed by atoms with E-state index in [1.54, 1.807) is 6.08 Å². The standard InChI is InChI=1S/C16H22N2O/c1-2-3-9-16(19)18-11-14(10-17)15(12-18)13-7-5-4-6-8-13/h2,4-8,14-15H,1,3,9-12,17H2/t14-,15+/m1/s1. The summed E-state index contributed by atoms with van der Waals surface area (Å²) in [6.07, 6.45) is 3.10. The first-order chi connectivity index (χ1) is 9.26. The van der Waals surface area contributed by atoms with Gasteiger partial charge in [-0.05, 0) is 24.4 Å². The molecule has 2 N–H and O–H groups in total. The Bertz CT molecular complexity index is 430. The molecule has 1 aromatic carbocycles. The minimum atomic E-state index is 0.219. The highest BCUT2D eigenvalue weighted by Gasteiger charge is 2.34. The lowest BCUT2D eigenvalue weighted by molar-refractivity contribution is -0.130. The van der Waals surface area contributed by atoms with Gasteiger partial charge in [0.05, 0.1) is 0 Å². The van der Waals surface area contributed by atoms with E-state index in [0.717, 1.165) is 19.5 Å². The summed E-state index contributed by atoms with van der Waals surface area (Å²) < 4.78 is 0. The second kappa shape index (κ2) is 6.53. The predicted molar refractivity (Wildman–Crippen MR) is 77.7 cm³/mol.